The minimum Gasteiger partial charge on any atom is -0.455 e. The third-order valence-electron chi connectivity index (χ3n) is 12.9. The Balaban J connectivity index is 1.52. The van der Waals surface area contributed by atoms with E-state index in [0.717, 1.165) is 0 Å². The van der Waals surface area contributed by atoms with Crippen molar-refractivity contribution in [2.45, 2.75) is 73.6 Å². The number of rotatable bonds is 8. The zero-order chi connectivity index (χ0) is 32.3. The first kappa shape index (κ1) is 31.4. The van der Waals surface area contributed by atoms with Gasteiger partial charge in [-0.2, -0.15) is 0 Å². The second-order valence-electron chi connectivity index (χ2n) is 14.3. The minimum atomic E-state index is -1.83. The number of nitrogens with zero attached hydrogens (tertiary/aromatic N) is 1. The van der Waals surface area contributed by atoms with E-state index in [1.54, 1.807) is 51.7 Å². The van der Waals surface area contributed by atoms with Gasteiger partial charge in [0.15, 0.2) is 5.60 Å². The molecule has 0 amide bonds. The Labute approximate surface area is 262 Å². The van der Waals surface area contributed by atoms with Gasteiger partial charge in [0.05, 0.1) is 30.5 Å². The Kier molecular flexibility index (Phi) is 7.28. The van der Waals surface area contributed by atoms with Crippen LogP contribution in [-0.2, 0) is 33.2 Å². The summed E-state index contributed by atoms with van der Waals surface area (Å²) in [5.41, 5.74) is -4.79. The summed E-state index contributed by atoms with van der Waals surface area (Å²) in [5, 5.41) is 37.0. The molecule has 15 atom stereocenters. The number of aliphatic hydroxyl groups excluding tert-OH is 2. The van der Waals surface area contributed by atoms with E-state index < -0.39 is 88.3 Å². The normalized spacial score (nSPS) is 50.7. The summed E-state index contributed by atoms with van der Waals surface area (Å²) in [6, 6.07) is 8.15. The van der Waals surface area contributed by atoms with E-state index in [2.05, 4.69) is 4.90 Å². The SMILES string of the molecule is COC[C@@]12CN(C)[C@@H]3[C@H]4[C@H](OC)[C@@H]1[C@]3([C@H](OC)C[C@@H]2O)[C@H]1C[C@]2(O)[C@H](OC)[C@H](O)[C@]4(OC(C)=O)[C@@H]1[C@@H]2OC(=O)c1ccccc1. The van der Waals surface area contributed by atoms with E-state index in [9.17, 15) is 24.9 Å². The number of piperidine rings is 1. The van der Waals surface area contributed by atoms with Crippen molar-refractivity contribution >= 4 is 11.9 Å². The predicted octanol–water partition coefficient (Wildman–Crippen LogP) is 0.258. The predicted molar refractivity (Wildman–Crippen MR) is 156 cm³/mol. The van der Waals surface area contributed by atoms with Crippen molar-refractivity contribution in [2.75, 3.05) is 48.6 Å². The summed E-state index contributed by atoms with van der Waals surface area (Å²) in [5.74, 6) is -3.66. The van der Waals surface area contributed by atoms with Crippen LogP contribution in [0.15, 0.2) is 30.3 Å². The van der Waals surface area contributed by atoms with Crippen LogP contribution in [0, 0.1) is 34.5 Å². The first-order valence-corrected chi connectivity index (χ1v) is 15.8. The van der Waals surface area contributed by atoms with Crippen LogP contribution in [-0.4, -0.2) is 135 Å². The van der Waals surface area contributed by atoms with Crippen molar-refractivity contribution in [3.8, 4) is 0 Å². The molecular weight excluding hydrogens is 586 g/mol. The number of fused-ring (bicyclic) bond motifs is 2. The van der Waals surface area contributed by atoms with Crippen LogP contribution >= 0.6 is 0 Å². The number of carbonyl (C=O) groups excluding carboxylic acids is 2. The maximum atomic E-state index is 13.7. The smallest absolute Gasteiger partial charge is 0.338 e. The molecule has 5 saturated carbocycles. The van der Waals surface area contributed by atoms with Crippen molar-refractivity contribution in [3.63, 3.8) is 0 Å². The van der Waals surface area contributed by atoms with Crippen molar-refractivity contribution in [1.82, 2.24) is 4.90 Å². The number of hydrogen-bond acceptors (Lipinski definition) is 12. The second-order valence-corrected chi connectivity index (χ2v) is 14.3. The van der Waals surface area contributed by atoms with Crippen LogP contribution < -0.4 is 0 Å². The summed E-state index contributed by atoms with van der Waals surface area (Å²) < 4.78 is 37.2. The molecule has 1 aliphatic heterocycles. The van der Waals surface area contributed by atoms with E-state index in [0.29, 0.717) is 18.5 Å². The van der Waals surface area contributed by atoms with Crippen molar-refractivity contribution in [1.29, 1.82) is 0 Å². The van der Waals surface area contributed by atoms with Crippen molar-refractivity contribution in [2.24, 2.45) is 34.5 Å². The lowest BCUT2D eigenvalue weighted by Crippen LogP contribution is -2.81. The molecule has 6 aliphatic rings. The first-order valence-electron chi connectivity index (χ1n) is 15.8. The number of methoxy groups -OCH3 is 4. The molecule has 1 aromatic carbocycles. The van der Waals surface area contributed by atoms with Gasteiger partial charge in [-0.1, -0.05) is 18.2 Å². The molecule has 6 fully saturated rings. The quantitative estimate of drug-likeness (QED) is 0.337. The van der Waals surface area contributed by atoms with Gasteiger partial charge in [0, 0.05) is 83.0 Å². The fourth-order valence-corrected chi connectivity index (χ4v) is 12.2. The summed E-state index contributed by atoms with van der Waals surface area (Å²) in [6.45, 7) is 2.00. The minimum absolute atomic E-state index is 0.0754. The largest absolute Gasteiger partial charge is 0.455 e. The van der Waals surface area contributed by atoms with Crippen LogP contribution in [0.4, 0.5) is 0 Å². The van der Waals surface area contributed by atoms with Gasteiger partial charge in [-0.25, -0.2) is 4.79 Å². The molecule has 248 valence electrons. The Morgan fingerprint density at radius 1 is 1.00 bits per heavy atom. The Hall–Kier alpha value is -2.16. The first-order chi connectivity index (χ1) is 21.4. The van der Waals surface area contributed by atoms with Crippen LogP contribution in [0.2, 0.25) is 0 Å². The number of likely N-dealkylation sites (tertiary alicyclic amines) is 1. The molecule has 3 N–H and O–H groups in total. The molecule has 5 aliphatic carbocycles. The Morgan fingerprint density at radius 2 is 1.71 bits per heavy atom. The van der Waals surface area contributed by atoms with E-state index in [-0.39, 0.29) is 25.0 Å². The zero-order valence-corrected chi connectivity index (χ0v) is 26.6. The van der Waals surface area contributed by atoms with Crippen LogP contribution in [0.1, 0.15) is 30.1 Å². The van der Waals surface area contributed by atoms with Crippen LogP contribution in [0.25, 0.3) is 0 Å². The molecule has 0 unspecified atom stereocenters. The number of esters is 2. The van der Waals surface area contributed by atoms with Gasteiger partial charge in [0.1, 0.15) is 23.9 Å². The zero-order valence-electron chi connectivity index (χ0n) is 26.6. The fraction of sp³-hybridized carbons (Fsp3) is 0.758. The molecule has 1 saturated heterocycles. The van der Waals surface area contributed by atoms with Gasteiger partial charge in [-0.15, -0.1) is 0 Å². The monoisotopic (exact) mass is 631 g/mol. The molecular formula is C33H45NO11. The molecule has 1 heterocycles. The molecule has 7 bridgehead atoms. The molecule has 0 radical (unpaired) electrons. The lowest BCUT2D eigenvalue weighted by atomic mass is 9.42. The number of ether oxygens (including phenoxy) is 6. The third kappa shape index (κ3) is 3.55. The van der Waals surface area contributed by atoms with Crippen molar-refractivity contribution in [3.05, 3.63) is 35.9 Å². The Morgan fingerprint density at radius 3 is 2.31 bits per heavy atom. The topological polar surface area (TPSA) is 153 Å². The van der Waals surface area contributed by atoms with Gasteiger partial charge in [-0.05, 0) is 31.5 Å². The molecule has 1 spiro atoms. The molecule has 45 heavy (non-hydrogen) atoms. The second kappa shape index (κ2) is 10.4. The van der Waals surface area contributed by atoms with E-state index in [4.69, 9.17) is 28.4 Å². The van der Waals surface area contributed by atoms with Gasteiger partial charge >= 0.3 is 11.9 Å². The molecule has 7 rings (SSSR count). The van der Waals surface area contributed by atoms with Gasteiger partial charge in [0.2, 0.25) is 0 Å². The van der Waals surface area contributed by atoms with E-state index in [1.165, 1.54) is 14.0 Å². The molecule has 0 aromatic heterocycles. The number of carbonyl (C=O) groups is 2. The maximum Gasteiger partial charge on any atom is 0.338 e. The average molecular weight is 632 g/mol. The highest BCUT2D eigenvalue weighted by molar-refractivity contribution is 5.89. The third-order valence-corrected chi connectivity index (χ3v) is 12.9. The standard InChI is InChI=1S/C33H45NO11/c1-16(35)45-33-21-18(13-31(39,28(43-6)26(33)37)27(21)44-29(38)17-10-8-7-9-11-17)32-20(41-4)12-19(36)30(15-40-3)14-34(2)25(32)22(33)23(42-5)24(30)32/h7-11,18-28,36-37,39H,12-15H2,1-6H3/t18-,19-,20+,21-,22+,23-,24-,25+,26-,27-,28+,30+,31+,32+,33-/m0/s1. The lowest BCUT2D eigenvalue weighted by Gasteiger charge is -2.70. The average Bonchev–Trinajstić information content (AvgIpc) is 3.40. The Bertz CT molecular complexity index is 1350. The summed E-state index contributed by atoms with van der Waals surface area (Å²) in [4.78, 5) is 29.1. The highest BCUT2D eigenvalue weighted by Gasteiger charge is 2.92. The highest BCUT2D eigenvalue weighted by atomic mass is 16.6. The number of benzene rings is 1. The molecule has 12 heteroatoms. The molecule has 1 aromatic rings. The summed E-state index contributed by atoms with van der Waals surface area (Å²) >= 11 is 0. The van der Waals surface area contributed by atoms with Crippen molar-refractivity contribution < 1.29 is 53.3 Å². The van der Waals surface area contributed by atoms with Gasteiger partial charge < -0.3 is 48.6 Å². The fourth-order valence-electron chi connectivity index (χ4n) is 12.2. The summed E-state index contributed by atoms with van der Waals surface area (Å²) in [7, 11) is 8.20. The van der Waals surface area contributed by atoms with Crippen LogP contribution in [0.5, 0.6) is 0 Å². The van der Waals surface area contributed by atoms with Gasteiger partial charge in [0.25, 0.3) is 0 Å². The van der Waals surface area contributed by atoms with Crippen LogP contribution in [0.3, 0.4) is 0 Å². The maximum absolute atomic E-state index is 13.7. The highest BCUT2D eigenvalue weighted by Crippen LogP contribution is 2.80. The van der Waals surface area contributed by atoms with Gasteiger partial charge in [-0.3, -0.25) is 4.79 Å². The lowest BCUT2D eigenvalue weighted by molar-refractivity contribution is -0.321. The molecule has 12 nitrogen and oxygen atoms in total. The number of hydrogen-bond donors (Lipinski definition) is 3. The summed E-state index contributed by atoms with van der Waals surface area (Å²) in [6.07, 6.45) is -5.50. The van der Waals surface area contributed by atoms with E-state index >= 15 is 0 Å². The number of aliphatic hydroxyl groups is 3. The van der Waals surface area contributed by atoms with E-state index in [1.807, 2.05) is 7.05 Å².